The molecule has 0 saturated heterocycles. The number of thiophene rings is 1. The molecule has 2 aromatic heterocycles. The maximum absolute atomic E-state index is 12.7. The molecule has 0 atom stereocenters. The first kappa shape index (κ1) is 24.0. The molecule has 33 heavy (non-hydrogen) atoms. The van der Waals surface area contributed by atoms with Gasteiger partial charge in [0.25, 0.3) is 5.91 Å². The van der Waals surface area contributed by atoms with Gasteiger partial charge in [0.1, 0.15) is 5.56 Å². The van der Waals surface area contributed by atoms with Gasteiger partial charge in [-0.2, -0.15) is 4.98 Å². The standard InChI is InChI=1S/C21H24N4O7S/c1-29-14-12-13(17(25(27)28)19(31-3)18(14)30-2)21(26)22-10-6-4-5-9-16-23-20(24-32-16)15-8-7-11-33-15/h7-8,11-12H,4-6,9-10H2,1-3H3,(H,22,26). The first-order valence-electron chi connectivity index (χ1n) is 10.1. The summed E-state index contributed by atoms with van der Waals surface area (Å²) in [6.07, 6.45) is 2.90. The van der Waals surface area contributed by atoms with Gasteiger partial charge in [0.05, 0.1) is 31.1 Å². The van der Waals surface area contributed by atoms with Crippen molar-refractivity contribution < 1.29 is 28.5 Å². The summed E-state index contributed by atoms with van der Waals surface area (Å²) >= 11 is 1.54. The van der Waals surface area contributed by atoms with Gasteiger partial charge in [-0.25, -0.2) is 0 Å². The lowest BCUT2D eigenvalue weighted by atomic mass is 10.1. The summed E-state index contributed by atoms with van der Waals surface area (Å²) in [6.45, 7) is 0.344. The Labute approximate surface area is 193 Å². The Morgan fingerprint density at radius 1 is 1.18 bits per heavy atom. The lowest BCUT2D eigenvalue weighted by molar-refractivity contribution is -0.386. The Morgan fingerprint density at radius 2 is 1.97 bits per heavy atom. The third-order valence-corrected chi connectivity index (χ3v) is 5.66. The average Bonchev–Trinajstić information content (AvgIpc) is 3.51. The molecule has 176 valence electrons. The van der Waals surface area contributed by atoms with E-state index >= 15 is 0 Å². The number of nitro benzene ring substituents is 1. The lowest BCUT2D eigenvalue weighted by Gasteiger charge is -2.14. The van der Waals surface area contributed by atoms with Crippen LogP contribution in [0, 0.1) is 10.1 Å². The van der Waals surface area contributed by atoms with E-state index in [1.807, 2.05) is 17.5 Å². The molecule has 0 spiro atoms. The SMILES string of the molecule is COc1cc(C(=O)NCCCCCc2nc(-c3cccs3)no2)c([N+](=O)[O-])c(OC)c1OC. The highest BCUT2D eigenvalue weighted by Crippen LogP contribution is 2.46. The molecule has 0 aliphatic carbocycles. The molecule has 0 saturated carbocycles. The molecule has 0 aliphatic heterocycles. The molecule has 0 aliphatic rings. The maximum Gasteiger partial charge on any atom is 0.327 e. The minimum atomic E-state index is -0.676. The summed E-state index contributed by atoms with van der Waals surface area (Å²) in [6, 6.07) is 5.13. The summed E-state index contributed by atoms with van der Waals surface area (Å²) in [5.74, 6) is 0.583. The molecule has 1 N–H and O–H groups in total. The summed E-state index contributed by atoms with van der Waals surface area (Å²) in [4.78, 5) is 29.0. The fourth-order valence-corrected chi connectivity index (χ4v) is 3.88. The smallest absolute Gasteiger partial charge is 0.327 e. The number of nitro groups is 1. The van der Waals surface area contributed by atoms with Crippen LogP contribution in [0.5, 0.6) is 17.2 Å². The van der Waals surface area contributed by atoms with Gasteiger partial charge in [-0.15, -0.1) is 11.3 Å². The Balaban J connectivity index is 1.54. The van der Waals surface area contributed by atoms with Crippen molar-refractivity contribution in [1.82, 2.24) is 15.5 Å². The van der Waals surface area contributed by atoms with Crippen LogP contribution in [0.4, 0.5) is 5.69 Å². The van der Waals surface area contributed by atoms with E-state index in [9.17, 15) is 14.9 Å². The van der Waals surface area contributed by atoms with Gasteiger partial charge >= 0.3 is 5.69 Å². The van der Waals surface area contributed by atoms with E-state index in [0.717, 1.165) is 17.7 Å². The first-order chi connectivity index (χ1) is 16.0. The number of aryl methyl sites for hydroxylation is 1. The number of ether oxygens (including phenoxy) is 3. The van der Waals surface area contributed by atoms with Gasteiger partial charge in [0.2, 0.25) is 23.2 Å². The Morgan fingerprint density at radius 3 is 2.61 bits per heavy atom. The monoisotopic (exact) mass is 476 g/mol. The number of carbonyl (C=O) groups excluding carboxylic acids is 1. The van der Waals surface area contributed by atoms with E-state index in [2.05, 4.69) is 15.5 Å². The number of benzene rings is 1. The average molecular weight is 477 g/mol. The van der Waals surface area contributed by atoms with Crippen LogP contribution >= 0.6 is 11.3 Å². The number of unbranched alkanes of at least 4 members (excludes halogenated alkanes) is 2. The van der Waals surface area contributed by atoms with E-state index < -0.39 is 16.5 Å². The quantitative estimate of drug-likeness (QED) is 0.234. The number of nitrogens with zero attached hydrogens (tertiary/aromatic N) is 3. The minimum Gasteiger partial charge on any atom is -0.493 e. The van der Waals surface area contributed by atoms with Crippen LogP contribution in [0.15, 0.2) is 28.1 Å². The van der Waals surface area contributed by atoms with E-state index in [1.54, 1.807) is 11.3 Å². The van der Waals surface area contributed by atoms with Crippen LogP contribution < -0.4 is 19.5 Å². The topological polar surface area (TPSA) is 139 Å². The van der Waals surface area contributed by atoms with Crippen LogP contribution in [0.2, 0.25) is 0 Å². The van der Waals surface area contributed by atoms with E-state index in [1.165, 1.54) is 27.4 Å². The van der Waals surface area contributed by atoms with Crippen molar-refractivity contribution >= 4 is 22.9 Å². The van der Waals surface area contributed by atoms with Crippen molar-refractivity contribution in [2.24, 2.45) is 0 Å². The molecule has 0 fully saturated rings. The van der Waals surface area contributed by atoms with Gasteiger partial charge in [0.15, 0.2) is 5.75 Å². The molecule has 3 rings (SSSR count). The van der Waals surface area contributed by atoms with Gasteiger partial charge in [0, 0.05) is 19.0 Å². The zero-order chi connectivity index (χ0) is 23.8. The second-order valence-electron chi connectivity index (χ2n) is 6.85. The van der Waals surface area contributed by atoms with Crippen molar-refractivity contribution in [3.8, 4) is 28.0 Å². The number of methoxy groups -OCH3 is 3. The molecule has 12 heteroatoms. The molecule has 2 heterocycles. The lowest BCUT2D eigenvalue weighted by Crippen LogP contribution is -2.25. The number of rotatable bonds is 12. The van der Waals surface area contributed by atoms with Crippen LogP contribution in [0.1, 0.15) is 35.5 Å². The molecule has 11 nitrogen and oxygen atoms in total. The molecule has 1 amide bonds. The fourth-order valence-electron chi connectivity index (χ4n) is 3.23. The van der Waals surface area contributed by atoms with Crippen molar-refractivity contribution in [1.29, 1.82) is 0 Å². The summed E-state index contributed by atoms with van der Waals surface area (Å²) in [5, 5.41) is 20.3. The number of hydrogen-bond acceptors (Lipinski definition) is 10. The summed E-state index contributed by atoms with van der Waals surface area (Å²) < 4.78 is 20.8. The third-order valence-electron chi connectivity index (χ3n) is 4.79. The first-order valence-corrected chi connectivity index (χ1v) is 11.0. The van der Waals surface area contributed by atoms with Crippen molar-refractivity contribution in [3.05, 3.63) is 45.1 Å². The molecule has 0 radical (unpaired) electrons. The highest BCUT2D eigenvalue weighted by Gasteiger charge is 2.32. The summed E-state index contributed by atoms with van der Waals surface area (Å²) in [7, 11) is 3.97. The van der Waals surface area contributed by atoms with Gasteiger partial charge in [-0.1, -0.05) is 17.6 Å². The fraction of sp³-hybridized carbons (Fsp3) is 0.381. The predicted octanol–water partition coefficient (Wildman–Crippen LogP) is 3.87. The predicted molar refractivity (Wildman–Crippen MR) is 120 cm³/mol. The van der Waals surface area contributed by atoms with Crippen molar-refractivity contribution in [2.75, 3.05) is 27.9 Å². The maximum atomic E-state index is 12.7. The van der Waals surface area contributed by atoms with Crippen LogP contribution in [-0.2, 0) is 6.42 Å². The highest BCUT2D eigenvalue weighted by molar-refractivity contribution is 7.13. The zero-order valence-corrected chi connectivity index (χ0v) is 19.3. The van der Waals surface area contributed by atoms with Gasteiger partial charge in [-0.05, 0) is 24.3 Å². The van der Waals surface area contributed by atoms with Gasteiger partial charge in [-0.3, -0.25) is 14.9 Å². The molecule has 3 aromatic rings. The normalized spacial score (nSPS) is 10.6. The largest absolute Gasteiger partial charge is 0.493 e. The second-order valence-corrected chi connectivity index (χ2v) is 7.80. The molecule has 0 unspecified atom stereocenters. The molecular weight excluding hydrogens is 452 g/mol. The van der Waals surface area contributed by atoms with E-state index in [0.29, 0.717) is 31.1 Å². The molecule has 0 bridgehead atoms. The van der Waals surface area contributed by atoms with Crippen molar-refractivity contribution in [2.45, 2.75) is 25.7 Å². The number of carbonyl (C=O) groups is 1. The highest BCUT2D eigenvalue weighted by atomic mass is 32.1. The summed E-state index contributed by atoms with van der Waals surface area (Å²) in [5.41, 5.74) is -0.646. The van der Waals surface area contributed by atoms with E-state index in [-0.39, 0.29) is 22.8 Å². The van der Waals surface area contributed by atoms with E-state index in [4.69, 9.17) is 18.7 Å². The zero-order valence-electron chi connectivity index (χ0n) is 18.5. The van der Waals surface area contributed by atoms with Crippen LogP contribution in [0.25, 0.3) is 10.7 Å². The Kier molecular flexibility index (Phi) is 8.19. The number of nitrogens with one attached hydrogen (secondary N) is 1. The van der Waals surface area contributed by atoms with Gasteiger partial charge < -0.3 is 24.1 Å². The van der Waals surface area contributed by atoms with Crippen LogP contribution in [0.3, 0.4) is 0 Å². The van der Waals surface area contributed by atoms with Crippen molar-refractivity contribution in [3.63, 3.8) is 0 Å². The second kappa shape index (κ2) is 11.3. The number of hydrogen-bond donors (Lipinski definition) is 1. The third kappa shape index (κ3) is 5.58. The van der Waals surface area contributed by atoms with Crippen LogP contribution in [-0.4, -0.2) is 48.8 Å². The molecular formula is C21H24N4O7S. The Hall–Kier alpha value is -3.67. The number of amides is 1. The molecule has 1 aromatic carbocycles. The number of aromatic nitrogens is 2. The Bertz CT molecular complexity index is 1100. The minimum absolute atomic E-state index is 0.0477.